The van der Waals surface area contributed by atoms with E-state index in [0.717, 1.165) is 11.1 Å². The lowest BCUT2D eigenvalue weighted by Crippen LogP contribution is -2.00. The summed E-state index contributed by atoms with van der Waals surface area (Å²) < 4.78 is 12.8. The van der Waals surface area contributed by atoms with Crippen LogP contribution in [0.4, 0.5) is 4.39 Å². The second kappa shape index (κ2) is 3.99. The maximum Gasteiger partial charge on any atom is 0.159 e. The highest BCUT2D eigenvalue weighted by atomic mass is 19.1. The molecule has 0 N–H and O–H groups in total. The molecule has 0 aliphatic heterocycles. The van der Waals surface area contributed by atoms with E-state index >= 15 is 0 Å². The SMILES string of the molecule is C=CC(=O)Cc1cc(F)ccc1C. The summed E-state index contributed by atoms with van der Waals surface area (Å²) in [6.07, 6.45) is 1.48. The van der Waals surface area contributed by atoms with Crippen LogP contribution in [0.25, 0.3) is 0 Å². The summed E-state index contributed by atoms with van der Waals surface area (Å²) in [5, 5.41) is 0. The second-order valence-electron chi connectivity index (χ2n) is 2.92. The molecular weight excluding hydrogens is 167 g/mol. The number of carbonyl (C=O) groups excluding carboxylic acids is 1. The summed E-state index contributed by atoms with van der Waals surface area (Å²) in [6.45, 7) is 5.22. The first-order valence-corrected chi connectivity index (χ1v) is 4.04. The van der Waals surface area contributed by atoms with Crippen molar-refractivity contribution in [1.82, 2.24) is 0 Å². The molecule has 0 unspecified atom stereocenters. The number of aryl methyl sites for hydroxylation is 1. The standard InChI is InChI=1S/C11H11FO/c1-3-11(13)7-9-6-10(12)5-4-8(9)2/h3-6H,1,7H2,2H3. The van der Waals surface area contributed by atoms with E-state index in [2.05, 4.69) is 6.58 Å². The van der Waals surface area contributed by atoms with E-state index in [1.165, 1.54) is 18.2 Å². The molecule has 0 aliphatic carbocycles. The molecule has 13 heavy (non-hydrogen) atoms. The Kier molecular flexibility index (Phi) is 2.96. The number of hydrogen-bond donors (Lipinski definition) is 0. The smallest absolute Gasteiger partial charge is 0.159 e. The molecule has 0 spiro atoms. The van der Waals surface area contributed by atoms with Gasteiger partial charge in [-0.25, -0.2) is 4.39 Å². The zero-order valence-electron chi connectivity index (χ0n) is 7.51. The van der Waals surface area contributed by atoms with E-state index < -0.39 is 0 Å². The highest BCUT2D eigenvalue weighted by Crippen LogP contribution is 2.11. The van der Waals surface area contributed by atoms with Gasteiger partial charge in [0.1, 0.15) is 5.82 Å². The van der Waals surface area contributed by atoms with Gasteiger partial charge in [0.25, 0.3) is 0 Å². The Labute approximate surface area is 76.9 Å². The summed E-state index contributed by atoms with van der Waals surface area (Å²) in [5.41, 5.74) is 1.65. The minimum Gasteiger partial charge on any atom is -0.295 e. The molecule has 68 valence electrons. The van der Waals surface area contributed by atoms with Crippen molar-refractivity contribution < 1.29 is 9.18 Å². The van der Waals surface area contributed by atoms with Gasteiger partial charge in [-0.05, 0) is 36.3 Å². The fraction of sp³-hybridized carbons (Fsp3) is 0.182. The third-order valence-electron chi connectivity index (χ3n) is 1.90. The van der Waals surface area contributed by atoms with Gasteiger partial charge in [-0.15, -0.1) is 0 Å². The molecule has 0 fully saturated rings. The molecule has 1 aromatic carbocycles. The van der Waals surface area contributed by atoms with Crippen LogP contribution in [0.1, 0.15) is 11.1 Å². The van der Waals surface area contributed by atoms with Gasteiger partial charge in [0, 0.05) is 6.42 Å². The van der Waals surface area contributed by atoms with Gasteiger partial charge in [0.05, 0.1) is 0 Å². The molecule has 0 saturated carbocycles. The van der Waals surface area contributed by atoms with Crippen molar-refractivity contribution in [2.75, 3.05) is 0 Å². The van der Waals surface area contributed by atoms with E-state index in [0.29, 0.717) is 0 Å². The zero-order valence-corrected chi connectivity index (χ0v) is 7.51. The Morgan fingerprint density at radius 3 is 2.92 bits per heavy atom. The quantitative estimate of drug-likeness (QED) is 0.650. The lowest BCUT2D eigenvalue weighted by Gasteiger charge is -2.02. The minimum atomic E-state index is -0.308. The number of rotatable bonds is 3. The Bertz CT molecular complexity index is 342. The molecule has 1 rings (SSSR count). The van der Waals surface area contributed by atoms with E-state index in [9.17, 15) is 9.18 Å². The molecule has 2 heteroatoms. The fourth-order valence-corrected chi connectivity index (χ4v) is 1.09. The van der Waals surface area contributed by atoms with Crippen molar-refractivity contribution in [2.24, 2.45) is 0 Å². The topological polar surface area (TPSA) is 17.1 Å². The molecule has 0 aromatic heterocycles. The normalized spacial score (nSPS) is 9.69. The van der Waals surface area contributed by atoms with Crippen molar-refractivity contribution in [2.45, 2.75) is 13.3 Å². The van der Waals surface area contributed by atoms with Gasteiger partial charge in [0.2, 0.25) is 0 Å². The number of ketones is 1. The van der Waals surface area contributed by atoms with Crippen LogP contribution >= 0.6 is 0 Å². The van der Waals surface area contributed by atoms with Crippen molar-refractivity contribution >= 4 is 5.78 Å². The number of benzene rings is 1. The van der Waals surface area contributed by atoms with Gasteiger partial charge >= 0.3 is 0 Å². The average molecular weight is 178 g/mol. The summed E-state index contributed by atoms with van der Waals surface area (Å²) in [5.74, 6) is -0.397. The molecule has 0 heterocycles. The third-order valence-corrected chi connectivity index (χ3v) is 1.90. The van der Waals surface area contributed by atoms with Gasteiger partial charge in [0.15, 0.2) is 5.78 Å². The molecule has 0 radical (unpaired) electrons. The van der Waals surface area contributed by atoms with Crippen molar-refractivity contribution in [3.8, 4) is 0 Å². The predicted octanol–water partition coefficient (Wildman–Crippen LogP) is 2.43. The minimum absolute atomic E-state index is 0.0892. The highest BCUT2D eigenvalue weighted by Gasteiger charge is 2.03. The average Bonchev–Trinajstić information content (AvgIpc) is 2.11. The highest BCUT2D eigenvalue weighted by molar-refractivity contribution is 5.91. The maximum absolute atomic E-state index is 12.8. The first-order valence-electron chi connectivity index (χ1n) is 4.04. The zero-order chi connectivity index (χ0) is 9.84. The third kappa shape index (κ3) is 2.51. The maximum atomic E-state index is 12.8. The van der Waals surface area contributed by atoms with Crippen LogP contribution in [0.3, 0.4) is 0 Å². The first-order chi connectivity index (χ1) is 6.13. The van der Waals surface area contributed by atoms with Gasteiger partial charge in [-0.1, -0.05) is 12.6 Å². The molecule has 0 saturated heterocycles. The van der Waals surface area contributed by atoms with Crippen LogP contribution in [0.15, 0.2) is 30.9 Å². The number of halogens is 1. The van der Waals surface area contributed by atoms with Gasteiger partial charge < -0.3 is 0 Å². The predicted molar refractivity (Wildman–Crippen MR) is 50.0 cm³/mol. The Morgan fingerprint density at radius 2 is 2.31 bits per heavy atom. The molecule has 0 bridgehead atoms. The van der Waals surface area contributed by atoms with Crippen molar-refractivity contribution in [3.63, 3.8) is 0 Å². The number of hydrogen-bond acceptors (Lipinski definition) is 1. The van der Waals surface area contributed by atoms with E-state index in [4.69, 9.17) is 0 Å². The summed E-state index contributed by atoms with van der Waals surface area (Å²) >= 11 is 0. The molecule has 0 aliphatic rings. The van der Waals surface area contributed by atoms with Crippen LogP contribution in [-0.4, -0.2) is 5.78 Å². The molecule has 1 nitrogen and oxygen atoms in total. The van der Waals surface area contributed by atoms with Gasteiger partial charge in [-0.3, -0.25) is 4.79 Å². The second-order valence-corrected chi connectivity index (χ2v) is 2.92. The van der Waals surface area contributed by atoms with Crippen molar-refractivity contribution in [3.05, 3.63) is 47.8 Å². The summed E-state index contributed by atoms with van der Waals surface area (Å²) in [6, 6.07) is 4.44. The Balaban J connectivity index is 2.93. The largest absolute Gasteiger partial charge is 0.295 e. The molecule has 1 aromatic rings. The van der Waals surface area contributed by atoms with Crippen LogP contribution in [0.2, 0.25) is 0 Å². The molecule has 0 amide bonds. The van der Waals surface area contributed by atoms with E-state index in [1.807, 2.05) is 6.92 Å². The first kappa shape index (κ1) is 9.65. The molecule has 0 atom stereocenters. The Morgan fingerprint density at radius 1 is 1.62 bits per heavy atom. The monoisotopic (exact) mass is 178 g/mol. The van der Waals surface area contributed by atoms with E-state index in [-0.39, 0.29) is 18.0 Å². The van der Waals surface area contributed by atoms with Crippen LogP contribution in [0.5, 0.6) is 0 Å². The van der Waals surface area contributed by atoms with Crippen molar-refractivity contribution in [1.29, 1.82) is 0 Å². The lowest BCUT2D eigenvalue weighted by atomic mass is 10.0. The Hall–Kier alpha value is -1.44. The van der Waals surface area contributed by atoms with Crippen LogP contribution in [-0.2, 0) is 11.2 Å². The van der Waals surface area contributed by atoms with Crippen LogP contribution in [0, 0.1) is 12.7 Å². The lowest BCUT2D eigenvalue weighted by molar-refractivity contribution is -0.114. The number of carbonyl (C=O) groups is 1. The number of allylic oxidation sites excluding steroid dienone is 1. The van der Waals surface area contributed by atoms with E-state index in [1.54, 1.807) is 6.07 Å². The van der Waals surface area contributed by atoms with Gasteiger partial charge in [-0.2, -0.15) is 0 Å². The summed E-state index contributed by atoms with van der Waals surface area (Å²) in [4.78, 5) is 11.0. The summed E-state index contributed by atoms with van der Waals surface area (Å²) in [7, 11) is 0. The van der Waals surface area contributed by atoms with Crippen LogP contribution < -0.4 is 0 Å². The fourth-order valence-electron chi connectivity index (χ4n) is 1.09. The molecular formula is C11H11FO.